The molecule has 0 aliphatic carbocycles. The summed E-state index contributed by atoms with van der Waals surface area (Å²) in [5.74, 6) is -0.180. The molecular formula is C24H33ClN7O8P. The monoisotopic (exact) mass is 613 g/mol. The molecule has 0 radical (unpaired) electrons. The highest BCUT2D eigenvalue weighted by atomic mass is 35.5. The Morgan fingerprint density at radius 3 is 2.63 bits per heavy atom. The number of rotatable bonds is 12. The molecule has 1 fully saturated rings. The van der Waals surface area contributed by atoms with E-state index in [1.54, 1.807) is 51.2 Å². The van der Waals surface area contributed by atoms with E-state index in [-0.39, 0.29) is 17.3 Å². The van der Waals surface area contributed by atoms with Gasteiger partial charge in [0.15, 0.2) is 23.2 Å². The minimum Gasteiger partial charge on any atom is -0.462 e. The summed E-state index contributed by atoms with van der Waals surface area (Å²) in [6, 6.07) is 7.10. The standard InChI is InChI=1S/C24H33ClN7O8P/c1-13(2)38-21(35)14(3)31-41(36,40-15-8-6-5-7-9-15)37-10-16-18(34)24(25,11-33)22(39-16)32-12-28-17-19(27-4)29-23(26)30-20(17)32/h5-9,12-14,16,18,22,33-34H,10-11H2,1-4H3,(H,31,36)(H3,26,27,29,30)/t14?,16-,18-,22-,24-,41-/m1/s1. The summed E-state index contributed by atoms with van der Waals surface area (Å²) in [7, 11) is -2.64. The summed E-state index contributed by atoms with van der Waals surface area (Å²) >= 11 is 6.73. The number of nitrogens with zero attached hydrogens (tertiary/aromatic N) is 4. The zero-order chi connectivity index (χ0) is 29.9. The third-order valence-corrected chi connectivity index (χ3v) is 8.34. The number of para-hydroxylation sites is 1. The number of nitrogens with two attached hydrogens (primary N) is 1. The summed E-state index contributed by atoms with van der Waals surface area (Å²) in [5.41, 5.74) is 6.43. The molecule has 2 aromatic heterocycles. The van der Waals surface area contributed by atoms with Crippen molar-refractivity contribution < 1.29 is 38.1 Å². The molecule has 4 rings (SSSR count). The molecule has 1 saturated heterocycles. The quantitative estimate of drug-likeness (QED) is 0.112. The molecule has 1 aliphatic heterocycles. The SMILES string of the molecule is CNc1nc(N)nc2c1ncn2[C@@H]1O[C@H](CO[P@](=O)(NC(C)C(=O)OC(C)C)Oc2ccccc2)[C@@H](O)[C@]1(Cl)CO. The molecule has 41 heavy (non-hydrogen) atoms. The van der Waals surface area contributed by atoms with Gasteiger partial charge in [0.25, 0.3) is 0 Å². The van der Waals surface area contributed by atoms with Crippen molar-refractivity contribution in [2.24, 2.45) is 0 Å². The summed E-state index contributed by atoms with van der Waals surface area (Å²) in [6.07, 6.45) is -2.98. The highest BCUT2D eigenvalue weighted by Crippen LogP contribution is 2.48. The van der Waals surface area contributed by atoms with E-state index in [2.05, 4.69) is 25.4 Å². The fraction of sp³-hybridized carbons (Fsp3) is 0.500. The Morgan fingerprint density at radius 1 is 1.29 bits per heavy atom. The molecular weight excluding hydrogens is 581 g/mol. The van der Waals surface area contributed by atoms with Gasteiger partial charge in [-0.3, -0.25) is 13.9 Å². The van der Waals surface area contributed by atoms with Crippen LogP contribution in [0.25, 0.3) is 11.2 Å². The average molecular weight is 614 g/mol. The van der Waals surface area contributed by atoms with Gasteiger partial charge in [-0.05, 0) is 32.9 Å². The fourth-order valence-corrected chi connectivity index (χ4v) is 5.99. The lowest BCUT2D eigenvalue weighted by atomic mass is 9.99. The van der Waals surface area contributed by atoms with Crippen LogP contribution in [0, 0.1) is 0 Å². The van der Waals surface area contributed by atoms with Crippen LogP contribution in [0.2, 0.25) is 0 Å². The number of aliphatic hydroxyl groups excluding tert-OH is 2. The summed E-state index contributed by atoms with van der Waals surface area (Å²) in [6.45, 7) is 3.57. The third-order valence-electron chi connectivity index (χ3n) is 6.16. The number of benzene rings is 1. The molecule has 0 bridgehead atoms. The van der Waals surface area contributed by atoms with Gasteiger partial charge in [-0.15, -0.1) is 11.6 Å². The second-order valence-corrected chi connectivity index (χ2v) is 12.0. The van der Waals surface area contributed by atoms with Crippen molar-refractivity contribution >= 4 is 48.2 Å². The van der Waals surface area contributed by atoms with Crippen LogP contribution in [0.5, 0.6) is 5.75 Å². The molecule has 0 saturated carbocycles. The average Bonchev–Trinajstić information content (AvgIpc) is 3.45. The second kappa shape index (κ2) is 12.4. The van der Waals surface area contributed by atoms with Crippen molar-refractivity contribution in [2.75, 3.05) is 31.3 Å². The van der Waals surface area contributed by atoms with E-state index < -0.39 is 62.4 Å². The van der Waals surface area contributed by atoms with Gasteiger partial charge in [0.05, 0.1) is 25.6 Å². The third kappa shape index (κ3) is 6.56. The number of nitrogens with one attached hydrogen (secondary N) is 2. The lowest BCUT2D eigenvalue weighted by Gasteiger charge is -2.28. The number of hydrogen-bond donors (Lipinski definition) is 5. The van der Waals surface area contributed by atoms with E-state index in [1.807, 2.05) is 0 Å². The van der Waals surface area contributed by atoms with E-state index in [0.717, 1.165) is 0 Å². The van der Waals surface area contributed by atoms with Crippen LogP contribution in [-0.4, -0.2) is 85.2 Å². The summed E-state index contributed by atoms with van der Waals surface area (Å²) in [4.78, 5) is 23.2. The number of carbonyl (C=O) groups is 1. The van der Waals surface area contributed by atoms with Crippen LogP contribution < -0.4 is 20.7 Å². The van der Waals surface area contributed by atoms with E-state index in [9.17, 15) is 19.6 Å². The van der Waals surface area contributed by atoms with Crippen molar-refractivity contribution in [1.29, 1.82) is 0 Å². The minimum absolute atomic E-state index is 0.0543. The van der Waals surface area contributed by atoms with Crippen LogP contribution in [0.3, 0.4) is 0 Å². The highest BCUT2D eigenvalue weighted by Gasteiger charge is 2.57. The lowest BCUT2D eigenvalue weighted by Crippen LogP contribution is -2.45. The number of aliphatic hydroxyl groups is 2. The molecule has 6 N–H and O–H groups in total. The molecule has 1 aromatic carbocycles. The number of fused-ring (bicyclic) bond motifs is 1. The summed E-state index contributed by atoms with van der Waals surface area (Å²) < 4.78 is 37.8. The van der Waals surface area contributed by atoms with Crippen molar-refractivity contribution in [3.8, 4) is 5.75 Å². The van der Waals surface area contributed by atoms with Gasteiger partial charge in [-0.2, -0.15) is 15.1 Å². The zero-order valence-corrected chi connectivity index (χ0v) is 24.5. The van der Waals surface area contributed by atoms with Crippen LogP contribution in [-0.2, 0) is 23.4 Å². The first-order valence-electron chi connectivity index (χ1n) is 12.7. The van der Waals surface area contributed by atoms with Crippen molar-refractivity contribution in [3.63, 3.8) is 0 Å². The number of imidazole rings is 1. The molecule has 6 atom stereocenters. The number of hydrogen-bond acceptors (Lipinski definition) is 13. The Hall–Kier alpha value is -3.04. The molecule has 3 heterocycles. The fourth-order valence-electron chi connectivity index (χ4n) is 4.19. The predicted octanol–water partition coefficient (Wildman–Crippen LogP) is 1.81. The molecule has 0 amide bonds. The van der Waals surface area contributed by atoms with Crippen molar-refractivity contribution in [3.05, 3.63) is 36.7 Å². The van der Waals surface area contributed by atoms with Crippen LogP contribution in [0.4, 0.5) is 11.8 Å². The number of esters is 1. The first kappa shape index (κ1) is 30.9. The Morgan fingerprint density at radius 2 is 2.00 bits per heavy atom. The molecule has 1 unspecified atom stereocenters. The molecule has 3 aromatic rings. The van der Waals surface area contributed by atoms with Crippen LogP contribution in [0.1, 0.15) is 27.0 Å². The van der Waals surface area contributed by atoms with Gasteiger partial charge < -0.3 is 35.3 Å². The number of ether oxygens (including phenoxy) is 2. The Balaban J connectivity index is 1.59. The molecule has 15 nitrogen and oxygen atoms in total. The first-order chi connectivity index (χ1) is 19.4. The maximum atomic E-state index is 13.8. The van der Waals surface area contributed by atoms with Crippen LogP contribution in [0.15, 0.2) is 36.7 Å². The topological polar surface area (TPSA) is 205 Å². The Labute approximate surface area is 240 Å². The van der Waals surface area contributed by atoms with Gasteiger partial charge in [0.1, 0.15) is 28.9 Å². The Bertz CT molecular complexity index is 1410. The summed E-state index contributed by atoms with van der Waals surface area (Å²) in [5, 5.41) is 26.8. The normalized spacial score (nSPS) is 24.7. The van der Waals surface area contributed by atoms with Gasteiger partial charge in [0, 0.05) is 7.05 Å². The number of nitrogen functional groups attached to an aromatic ring is 1. The number of anilines is 2. The highest BCUT2D eigenvalue weighted by molar-refractivity contribution is 7.52. The van der Waals surface area contributed by atoms with E-state index in [0.29, 0.717) is 11.3 Å². The zero-order valence-electron chi connectivity index (χ0n) is 22.8. The second-order valence-electron chi connectivity index (χ2n) is 9.60. The number of carbonyl (C=O) groups excluding carboxylic acids is 1. The van der Waals surface area contributed by atoms with E-state index in [4.69, 9.17) is 35.9 Å². The molecule has 17 heteroatoms. The van der Waals surface area contributed by atoms with Crippen molar-refractivity contribution in [1.82, 2.24) is 24.6 Å². The molecule has 0 spiro atoms. The van der Waals surface area contributed by atoms with E-state index in [1.165, 1.54) is 17.8 Å². The lowest BCUT2D eigenvalue weighted by molar-refractivity contribution is -0.149. The number of alkyl halides is 1. The van der Waals surface area contributed by atoms with E-state index >= 15 is 0 Å². The van der Waals surface area contributed by atoms with Gasteiger partial charge in [0.2, 0.25) is 5.95 Å². The first-order valence-corrected chi connectivity index (χ1v) is 14.6. The number of halogens is 1. The maximum Gasteiger partial charge on any atom is 0.459 e. The Kier molecular flexibility index (Phi) is 9.39. The molecule has 224 valence electrons. The number of aromatic nitrogens is 4. The maximum absolute atomic E-state index is 13.8. The predicted molar refractivity (Wildman–Crippen MR) is 149 cm³/mol. The van der Waals surface area contributed by atoms with Crippen LogP contribution >= 0.6 is 19.3 Å². The molecule has 1 aliphatic rings. The smallest absolute Gasteiger partial charge is 0.459 e. The largest absolute Gasteiger partial charge is 0.462 e. The van der Waals surface area contributed by atoms with Crippen molar-refractivity contribution in [2.45, 2.75) is 56.2 Å². The van der Waals surface area contributed by atoms with Gasteiger partial charge in [-0.1, -0.05) is 18.2 Å². The van der Waals surface area contributed by atoms with Gasteiger partial charge in [-0.25, -0.2) is 9.55 Å². The van der Waals surface area contributed by atoms with Gasteiger partial charge >= 0.3 is 13.7 Å². The minimum atomic E-state index is -4.27.